The summed E-state index contributed by atoms with van der Waals surface area (Å²) in [5.41, 5.74) is 0. The lowest BCUT2D eigenvalue weighted by Gasteiger charge is -2.36. The molecule has 2 bridgehead atoms. The van der Waals surface area contributed by atoms with E-state index in [0.29, 0.717) is 6.04 Å². The van der Waals surface area contributed by atoms with Gasteiger partial charge in [-0.05, 0) is 64.3 Å². The summed E-state index contributed by atoms with van der Waals surface area (Å²) in [6.07, 6.45) is 7.30. The molecule has 0 spiro atoms. The van der Waals surface area contributed by atoms with Crippen molar-refractivity contribution in [2.24, 2.45) is 5.92 Å². The average Bonchev–Trinajstić information content (AvgIpc) is 2.94. The Morgan fingerprint density at radius 2 is 2.11 bits per heavy atom. The highest BCUT2D eigenvalue weighted by atomic mass is 16.3. The maximum atomic E-state index is 5.44. The Morgan fingerprint density at radius 3 is 2.72 bits per heavy atom. The molecule has 0 amide bonds. The highest BCUT2D eigenvalue weighted by Gasteiger charge is 2.38. The van der Waals surface area contributed by atoms with Crippen molar-refractivity contribution in [2.75, 3.05) is 13.6 Å². The van der Waals surface area contributed by atoms with E-state index < -0.39 is 0 Å². The molecule has 2 aliphatic rings. The van der Waals surface area contributed by atoms with Gasteiger partial charge >= 0.3 is 0 Å². The van der Waals surface area contributed by atoms with E-state index in [2.05, 4.69) is 30.3 Å². The quantitative estimate of drug-likeness (QED) is 0.888. The lowest BCUT2D eigenvalue weighted by atomic mass is 9.91. The van der Waals surface area contributed by atoms with Crippen molar-refractivity contribution in [2.45, 2.75) is 50.7 Å². The summed E-state index contributed by atoms with van der Waals surface area (Å²) >= 11 is 0. The van der Waals surface area contributed by atoms with Crippen LogP contribution in [0, 0.1) is 5.92 Å². The van der Waals surface area contributed by atoms with Crippen molar-refractivity contribution in [3.05, 3.63) is 24.2 Å². The first-order valence-electron chi connectivity index (χ1n) is 7.22. The fraction of sp³-hybridized carbons (Fsp3) is 0.733. The molecule has 0 radical (unpaired) electrons. The molecule has 3 unspecified atom stereocenters. The molecule has 1 N–H and O–H groups in total. The van der Waals surface area contributed by atoms with Gasteiger partial charge in [0.25, 0.3) is 0 Å². The van der Waals surface area contributed by atoms with Crippen LogP contribution in [0.3, 0.4) is 0 Å². The van der Waals surface area contributed by atoms with Gasteiger partial charge in [-0.2, -0.15) is 0 Å². The molecule has 3 heterocycles. The van der Waals surface area contributed by atoms with Crippen molar-refractivity contribution < 1.29 is 4.42 Å². The third-order valence-corrected chi connectivity index (χ3v) is 4.88. The topological polar surface area (TPSA) is 28.4 Å². The molecular weight excluding hydrogens is 224 g/mol. The molecule has 3 nitrogen and oxygen atoms in total. The maximum Gasteiger partial charge on any atom is 0.120 e. The Labute approximate surface area is 110 Å². The van der Waals surface area contributed by atoms with Gasteiger partial charge in [-0.1, -0.05) is 0 Å². The Kier molecular flexibility index (Phi) is 3.44. The van der Waals surface area contributed by atoms with E-state index in [-0.39, 0.29) is 0 Å². The van der Waals surface area contributed by atoms with E-state index in [9.17, 15) is 0 Å². The summed E-state index contributed by atoms with van der Waals surface area (Å²) in [6.45, 7) is 3.31. The predicted octanol–water partition coefficient (Wildman–Crippen LogP) is 2.80. The number of nitrogens with zero attached hydrogens (tertiary/aromatic N) is 1. The van der Waals surface area contributed by atoms with E-state index >= 15 is 0 Å². The number of piperidine rings is 1. The van der Waals surface area contributed by atoms with E-state index in [1.165, 1.54) is 25.7 Å². The fourth-order valence-electron chi connectivity index (χ4n) is 3.67. The molecule has 1 aromatic rings. The largest absolute Gasteiger partial charge is 0.468 e. The zero-order valence-electron chi connectivity index (χ0n) is 11.4. The molecule has 0 aromatic carbocycles. The molecule has 3 heteroatoms. The Bertz CT molecular complexity index is 362. The number of furan rings is 1. The van der Waals surface area contributed by atoms with Gasteiger partial charge in [0.2, 0.25) is 0 Å². The molecule has 0 aliphatic carbocycles. The van der Waals surface area contributed by atoms with Gasteiger partial charge in [0.1, 0.15) is 5.76 Å². The predicted molar refractivity (Wildman–Crippen MR) is 72.4 cm³/mol. The van der Waals surface area contributed by atoms with Crippen molar-refractivity contribution in [3.8, 4) is 0 Å². The van der Waals surface area contributed by atoms with E-state index in [4.69, 9.17) is 4.42 Å². The molecule has 3 atom stereocenters. The number of hydrogen-bond acceptors (Lipinski definition) is 3. The summed E-state index contributed by atoms with van der Waals surface area (Å²) in [5, 5.41) is 3.63. The van der Waals surface area contributed by atoms with Crippen LogP contribution in [0.15, 0.2) is 22.8 Å². The third kappa shape index (κ3) is 2.34. The zero-order valence-corrected chi connectivity index (χ0v) is 11.4. The number of nitrogens with one attached hydrogen (secondary N) is 1. The highest BCUT2D eigenvalue weighted by molar-refractivity contribution is 5.03. The van der Waals surface area contributed by atoms with Gasteiger partial charge < -0.3 is 14.6 Å². The van der Waals surface area contributed by atoms with E-state index in [1.54, 1.807) is 6.26 Å². The molecular formula is C15H24N2O. The van der Waals surface area contributed by atoms with Crippen molar-refractivity contribution in [1.29, 1.82) is 0 Å². The fourth-order valence-corrected chi connectivity index (χ4v) is 3.67. The van der Waals surface area contributed by atoms with Crippen LogP contribution in [-0.2, 0) is 0 Å². The summed E-state index contributed by atoms with van der Waals surface area (Å²) in [6, 6.07) is 6.03. The first-order valence-corrected chi connectivity index (χ1v) is 7.22. The average molecular weight is 248 g/mol. The molecule has 2 saturated heterocycles. The van der Waals surface area contributed by atoms with Gasteiger partial charge in [-0.3, -0.25) is 0 Å². The third-order valence-electron chi connectivity index (χ3n) is 4.88. The second kappa shape index (κ2) is 5.06. The molecule has 100 valence electrons. The molecule has 2 fully saturated rings. The van der Waals surface area contributed by atoms with Crippen molar-refractivity contribution in [1.82, 2.24) is 10.2 Å². The number of fused-ring (bicyclic) bond motifs is 2. The molecule has 0 saturated carbocycles. The molecule has 3 rings (SSSR count). The summed E-state index contributed by atoms with van der Waals surface area (Å²) in [5.74, 6) is 1.89. The van der Waals surface area contributed by atoms with Gasteiger partial charge in [0.05, 0.1) is 12.3 Å². The normalized spacial score (nSPS) is 33.8. The minimum absolute atomic E-state index is 0.331. The second-order valence-corrected chi connectivity index (χ2v) is 6.03. The van der Waals surface area contributed by atoms with Gasteiger partial charge in [-0.25, -0.2) is 0 Å². The van der Waals surface area contributed by atoms with E-state index in [1.807, 2.05) is 6.07 Å². The molecule has 2 aliphatic heterocycles. The van der Waals surface area contributed by atoms with Gasteiger partial charge in [0.15, 0.2) is 0 Å². The smallest absolute Gasteiger partial charge is 0.120 e. The van der Waals surface area contributed by atoms with Gasteiger partial charge in [0, 0.05) is 12.1 Å². The summed E-state index contributed by atoms with van der Waals surface area (Å²) < 4.78 is 5.44. The van der Waals surface area contributed by atoms with E-state index in [0.717, 1.165) is 30.3 Å². The van der Waals surface area contributed by atoms with Gasteiger partial charge in [-0.15, -0.1) is 0 Å². The SMILES string of the molecule is CC(NCC1CC2CCC(C1)N2C)c1ccco1. The lowest BCUT2D eigenvalue weighted by Crippen LogP contribution is -2.42. The first-order chi connectivity index (χ1) is 8.74. The second-order valence-electron chi connectivity index (χ2n) is 6.03. The minimum Gasteiger partial charge on any atom is -0.468 e. The van der Waals surface area contributed by atoms with Crippen LogP contribution < -0.4 is 5.32 Å². The summed E-state index contributed by atoms with van der Waals surface area (Å²) in [7, 11) is 2.30. The maximum absolute atomic E-state index is 5.44. The van der Waals surface area contributed by atoms with Crippen LogP contribution in [-0.4, -0.2) is 30.6 Å². The number of hydrogen-bond donors (Lipinski definition) is 1. The zero-order chi connectivity index (χ0) is 12.5. The van der Waals surface area contributed by atoms with Crippen molar-refractivity contribution >= 4 is 0 Å². The standard InChI is InChI=1S/C15H24N2O/c1-11(15-4-3-7-18-15)16-10-12-8-13-5-6-14(9-12)17(13)2/h3-4,7,11-14,16H,5-6,8-10H2,1-2H3. The van der Waals surface area contributed by atoms with Crippen LogP contribution in [0.25, 0.3) is 0 Å². The molecule has 1 aromatic heterocycles. The minimum atomic E-state index is 0.331. The van der Waals surface area contributed by atoms with Crippen LogP contribution in [0.2, 0.25) is 0 Å². The number of rotatable bonds is 4. The Hall–Kier alpha value is -0.800. The Morgan fingerprint density at radius 1 is 1.39 bits per heavy atom. The Balaban J connectivity index is 1.50. The monoisotopic (exact) mass is 248 g/mol. The first kappa shape index (κ1) is 12.2. The highest BCUT2D eigenvalue weighted by Crippen LogP contribution is 2.37. The van der Waals surface area contributed by atoms with Crippen LogP contribution in [0.5, 0.6) is 0 Å². The van der Waals surface area contributed by atoms with Crippen molar-refractivity contribution in [3.63, 3.8) is 0 Å². The lowest BCUT2D eigenvalue weighted by molar-refractivity contribution is 0.131. The van der Waals surface area contributed by atoms with Crippen LogP contribution in [0.4, 0.5) is 0 Å². The van der Waals surface area contributed by atoms with Crippen LogP contribution >= 0.6 is 0 Å². The molecule has 18 heavy (non-hydrogen) atoms. The summed E-state index contributed by atoms with van der Waals surface area (Å²) in [4.78, 5) is 2.60. The van der Waals surface area contributed by atoms with Crippen LogP contribution in [0.1, 0.15) is 44.4 Å².